The highest BCUT2D eigenvalue weighted by molar-refractivity contribution is 5.73. The van der Waals surface area contributed by atoms with Gasteiger partial charge in [-0.25, -0.2) is 10.2 Å². The fourth-order valence-corrected chi connectivity index (χ4v) is 0.392. The van der Waals surface area contributed by atoms with Crippen LogP contribution < -0.4 is 10.7 Å². The summed E-state index contributed by atoms with van der Waals surface area (Å²) in [4.78, 5) is 10.5. The lowest BCUT2D eigenvalue weighted by molar-refractivity contribution is 0.238. The smallest absolute Gasteiger partial charge is 0.335 e. The summed E-state index contributed by atoms with van der Waals surface area (Å²) >= 11 is 0. The molecule has 0 saturated carbocycles. The number of amides is 2. The van der Waals surface area contributed by atoms with Gasteiger partial charge in [0.05, 0.1) is 0 Å². The minimum absolute atomic E-state index is 0.0712. The van der Waals surface area contributed by atoms with Gasteiger partial charge in [-0.3, -0.25) is 0 Å². The zero-order valence-corrected chi connectivity index (χ0v) is 5.63. The predicted molar refractivity (Wildman–Crippen MR) is 37.8 cm³/mol. The molecule has 0 atom stereocenters. The molecule has 0 aliphatic carbocycles. The van der Waals surface area contributed by atoms with Crippen molar-refractivity contribution < 1.29 is 9.90 Å². The van der Waals surface area contributed by atoms with Gasteiger partial charge in [-0.2, -0.15) is 5.10 Å². The zero-order valence-electron chi connectivity index (χ0n) is 5.63. The van der Waals surface area contributed by atoms with E-state index < -0.39 is 6.03 Å². The van der Waals surface area contributed by atoms with Crippen molar-refractivity contribution in [2.24, 2.45) is 5.10 Å². The van der Waals surface area contributed by atoms with Crippen LogP contribution in [0.25, 0.3) is 0 Å². The lowest BCUT2D eigenvalue weighted by Gasteiger charge is -2.00. The van der Waals surface area contributed by atoms with E-state index in [1.165, 1.54) is 0 Å². The second-order valence-corrected chi connectivity index (χ2v) is 1.60. The van der Waals surface area contributed by atoms with E-state index in [2.05, 4.69) is 22.6 Å². The van der Waals surface area contributed by atoms with Crippen LogP contribution in [0.3, 0.4) is 0 Å². The van der Waals surface area contributed by atoms with Gasteiger partial charge in [0.25, 0.3) is 0 Å². The van der Waals surface area contributed by atoms with Gasteiger partial charge in [0.15, 0.2) is 0 Å². The molecular weight excluding hydrogens is 134 g/mol. The number of hydrogen-bond acceptors (Lipinski definition) is 3. The number of carbonyl (C=O) groups is 1. The van der Waals surface area contributed by atoms with Crippen LogP contribution in [0.5, 0.6) is 0 Å². The second-order valence-electron chi connectivity index (χ2n) is 1.60. The second kappa shape index (κ2) is 6.03. The van der Waals surface area contributed by atoms with Crippen molar-refractivity contribution in [3.05, 3.63) is 0 Å². The molecule has 0 heterocycles. The molecule has 5 heteroatoms. The highest BCUT2D eigenvalue weighted by atomic mass is 16.3. The molecule has 0 aliphatic heterocycles. The molecule has 3 N–H and O–H groups in total. The maximum absolute atomic E-state index is 10.5. The number of hydrogen-bond donors (Lipinski definition) is 3. The Kier molecular flexibility index (Phi) is 5.36. The third-order valence-corrected chi connectivity index (χ3v) is 0.801. The van der Waals surface area contributed by atoms with Crippen LogP contribution in [0.2, 0.25) is 0 Å². The molecule has 0 saturated heterocycles. The molecule has 0 rings (SSSR count). The van der Waals surface area contributed by atoms with Gasteiger partial charge < -0.3 is 10.4 Å². The quantitative estimate of drug-likeness (QED) is 0.277. The molecule has 0 aromatic carbocycles. The normalized spacial score (nSPS) is 8.50. The van der Waals surface area contributed by atoms with E-state index in [-0.39, 0.29) is 6.61 Å². The summed E-state index contributed by atoms with van der Waals surface area (Å²) < 4.78 is 0. The molecule has 10 heavy (non-hydrogen) atoms. The van der Waals surface area contributed by atoms with Crippen LogP contribution in [0.15, 0.2) is 5.10 Å². The first kappa shape index (κ1) is 8.90. The number of rotatable bonds is 4. The van der Waals surface area contributed by atoms with Crippen LogP contribution in [0.1, 0.15) is 6.42 Å². The Morgan fingerprint density at radius 2 is 2.40 bits per heavy atom. The van der Waals surface area contributed by atoms with E-state index >= 15 is 0 Å². The first-order valence-electron chi connectivity index (χ1n) is 2.91. The van der Waals surface area contributed by atoms with Crippen LogP contribution in [-0.2, 0) is 0 Å². The number of carbonyl (C=O) groups excluding carboxylic acids is 1. The fourth-order valence-electron chi connectivity index (χ4n) is 0.392. The minimum atomic E-state index is -0.400. The first-order valence-corrected chi connectivity index (χ1v) is 2.91. The van der Waals surface area contributed by atoms with Crippen LogP contribution >= 0.6 is 0 Å². The van der Waals surface area contributed by atoms with Gasteiger partial charge in [0.1, 0.15) is 0 Å². The fraction of sp³-hybridized carbons (Fsp3) is 0.600. The van der Waals surface area contributed by atoms with E-state index in [4.69, 9.17) is 5.11 Å². The van der Waals surface area contributed by atoms with Gasteiger partial charge in [-0.1, -0.05) is 0 Å². The number of aliphatic hydroxyl groups excluding tert-OH is 1. The van der Waals surface area contributed by atoms with Crippen molar-refractivity contribution >= 4 is 12.7 Å². The third kappa shape index (κ3) is 5.04. The maximum atomic E-state index is 10.5. The molecule has 0 spiro atoms. The lowest BCUT2D eigenvalue weighted by Crippen LogP contribution is -2.32. The Balaban J connectivity index is 3.13. The Morgan fingerprint density at radius 1 is 1.70 bits per heavy atom. The Hall–Kier alpha value is -1.10. The summed E-state index contributed by atoms with van der Waals surface area (Å²) in [6.45, 7) is 3.57. The van der Waals surface area contributed by atoms with Crippen molar-refractivity contribution in [1.82, 2.24) is 10.7 Å². The molecule has 0 unspecified atom stereocenters. The summed E-state index contributed by atoms with van der Waals surface area (Å²) in [5.74, 6) is 0. The van der Waals surface area contributed by atoms with E-state index in [1.54, 1.807) is 0 Å². The Morgan fingerprint density at radius 3 is 2.90 bits per heavy atom. The molecule has 0 bridgehead atoms. The summed E-state index contributed by atoms with van der Waals surface area (Å²) in [5, 5.41) is 13.9. The molecule has 5 nitrogen and oxygen atoms in total. The molecular formula is C5H11N3O2. The van der Waals surface area contributed by atoms with E-state index in [0.717, 1.165) is 0 Å². The van der Waals surface area contributed by atoms with Gasteiger partial charge in [-0.05, 0) is 6.42 Å². The first-order chi connectivity index (χ1) is 4.81. The average Bonchev–Trinajstić information content (AvgIpc) is 1.89. The van der Waals surface area contributed by atoms with E-state index in [0.29, 0.717) is 13.0 Å². The van der Waals surface area contributed by atoms with E-state index in [1.807, 2.05) is 0 Å². The Labute approximate surface area is 59.1 Å². The van der Waals surface area contributed by atoms with Crippen molar-refractivity contribution in [2.45, 2.75) is 6.42 Å². The maximum Gasteiger partial charge on any atom is 0.335 e. The minimum Gasteiger partial charge on any atom is -0.396 e. The van der Waals surface area contributed by atoms with Crippen molar-refractivity contribution in [1.29, 1.82) is 0 Å². The molecule has 0 fully saturated rings. The van der Waals surface area contributed by atoms with Gasteiger partial charge in [0, 0.05) is 19.9 Å². The summed E-state index contributed by atoms with van der Waals surface area (Å²) in [7, 11) is 0. The highest BCUT2D eigenvalue weighted by Gasteiger charge is 1.93. The number of urea groups is 1. The summed E-state index contributed by atoms with van der Waals surface area (Å²) in [5.41, 5.74) is 2.09. The lowest BCUT2D eigenvalue weighted by atomic mass is 10.4. The van der Waals surface area contributed by atoms with Crippen molar-refractivity contribution in [3.8, 4) is 0 Å². The van der Waals surface area contributed by atoms with Crippen molar-refractivity contribution in [2.75, 3.05) is 13.2 Å². The predicted octanol–water partition coefficient (Wildman–Crippen LogP) is -0.716. The average molecular weight is 145 g/mol. The summed E-state index contributed by atoms with van der Waals surface area (Å²) in [6.07, 6.45) is 0.546. The van der Waals surface area contributed by atoms with Crippen LogP contribution in [0, 0.1) is 0 Å². The monoisotopic (exact) mass is 145 g/mol. The molecule has 0 aliphatic rings. The third-order valence-electron chi connectivity index (χ3n) is 0.801. The Bertz CT molecular complexity index is 115. The van der Waals surface area contributed by atoms with Crippen LogP contribution in [-0.4, -0.2) is 31.0 Å². The highest BCUT2D eigenvalue weighted by Crippen LogP contribution is 1.71. The number of hydrazone groups is 1. The van der Waals surface area contributed by atoms with E-state index in [9.17, 15) is 4.79 Å². The standard InChI is InChI=1S/C5H11N3O2/c1-6-8-5(10)7-3-2-4-9/h9H,1-4H2,(H2,7,8,10). The molecule has 0 aromatic heterocycles. The number of aliphatic hydroxyl groups is 1. The molecule has 0 radical (unpaired) electrons. The SMILES string of the molecule is C=NNC(=O)NCCCO. The van der Waals surface area contributed by atoms with Gasteiger partial charge in [0.2, 0.25) is 0 Å². The number of nitrogens with one attached hydrogen (secondary N) is 2. The zero-order chi connectivity index (χ0) is 7.82. The largest absolute Gasteiger partial charge is 0.396 e. The molecule has 58 valence electrons. The topological polar surface area (TPSA) is 73.7 Å². The van der Waals surface area contributed by atoms with Gasteiger partial charge in [-0.15, -0.1) is 0 Å². The number of nitrogens with zero attached hydrogens (tertiary/aromatic N) is 1. The molecule has 0 aromatic rings. The summed E-state index contributed by atoms with van der Waals surface area (Å²) in [6, 6.07) is -0.400. The van der Waals surface area contributed by atoms with Gasteiger partial charge >= 0.3 is 6.03 Å². The molecule has 2 amide bonds. The van der Waals surface area contributed by atoms with Crippen molar-refractivity contribution in [3.63, 3.8) is 0 Å². The van der Waals surface area contributed by atoms with Crippen LogP contribution in [0.4, 0.5) is 4.79 Å².